The van der Waals surface area contributed by atoms with E-state index in [0.29, 0.717) is 57.3 Å². The SMILES string of the molecule is C1CCOC1.CCCCc1ccccc1.CCOC=O.CN(CCc1ccccc1)c1nc2cc(C(=O)O)ccc2nc1-c1ccccc1.CO.COC(=O)c1ccc2nc(-c3ccccc3)c(Br)nc2c1.COC(=O)c1ccc2nc(-c3ccccc3)c(N(C)CCc3ccccc3)nc2c1.NCCc1ccccc1.O=CCCCc1ccccc1.[AlH3].[H-].[Li+]. The van der Waals surface area contributed by atoms with Gasteiger partial charge in [-0.05, 0) is 170 Å². The molecular weight excluding hydrogens is 1630 g/mol. The van der Waals surface area contributed by atoms with E-state index in [4.69, 9.17) is 45.0 Å². The smallest absolute Gasteiger partial charge is 1.00 e. The van der Waals surface area contributed by atoms with Gasteiger partial charge in [0.2, 0.25) is 0 Å². The van der Waals surface area contributed by atoms with Crippen molar-refractivity contribution in [3.63, 3.8) is 0 Å². The molecule has 4 heterocycles. The topological polar surface area (TPSA) is 273 Å². The second kappa shape index (κ2) is 59.8. The molecule has 23 heteroatoms. The number of carboxylic acids is 1. The van der Waals surface area contributed by atoms with Crippen molar-refractivity contribution in [2.45, 2.75) is 84.5 Å². The van der Waals surface area contributed by atoms with Crippen LogP contribution in [0.3, 0.4) is 0 Å². The molecule has 0 aliphatic carbocycles. The number of hydrogen-bond donors (Lipinski definition) is 3. The molecule has 1 saturated heterocycles. The largest absolute Gasteiger partial charge is 1.00 e. The zero-order valence-corrected chi connectivity index (χ0v) is 73.2. The molecule has 11 aromatic carbocycles. The zero-order valence-electron chi connectivity index (χ0n) is 72.6. The summed E-state index contributed by atoms with van der Waals surface area (Å²) in [6.07, 6.45) is 12.8. The summed E-state index contributed by atoms with van der Waals surface area (Å²) in [4.78, 5) is 86.7. The summed E-state index contributed by atoms with van der Waals surface area (Å²) in [6, 6.07) is 96.9. The Morgan fingerprint density at radius 3 is 1.08 bits per heavy atom. The molecule has 3 aromatic heterocycles. The van der Waals surface area contributed by atoms with Gasteiger partial charge in [0.05, 0.1) is 70.6 Å². The van der Waals surface area contributed by atoms with Gasteiger partial charge in [-0.25, -0.2) is 44.3 Å². The fourth-order valence-corrected chi connectivity index (χ4v) is 12.7. The molecule has 0 saturated carbocycles. The Balaban J connectivity index is 0.000000319. The van der Waals surface area contributed by atoms with Crippen LogP contribution in [0.4, 0.5) is 11.6 Å². The van der Waals surface area contributed by atoms with Crippen molar-refractivity contribution < 1.29 is 73.4 Å². The van der Waals surface area contributed by atoms with E-state index in [-0.39, 0.29) is 55.2 Å². The fourth-order valence-electron chi connectivity index (χ4n) is 12.2. The number of carboxylic acid groups (broad SMARTS) is 1. The first-order valence-corrected chi connectivity index (χ1v) is 41.5. The number of anilines is 2. The number of likely N-dealkylation sites (N-methyl/N-ethyl adjacent to an activating group) is 2. The van der Waals surface area contributed by atoms with Crippen LogP contribution < -0.4 is 34.4 Å². The summed E-state index contributed by atoms with van der Waals surface area (Å²) in [5.41, 5.74) is 22.5. The van der Waals surface area contributed by atoms with Crippen LogP contribution in [0.15, 0.2) is 302 Å². The Hall–Kier alpha value is -11.9. The number of nitrogens with zero attached hydrogens (tertiary/aromatic N) is 8. The number of esters is 2. The molecule has 15 rings (SSSR count). The van der Waals surface area contributed by atoms with Crippen LogP contribution in [0, 0.1) is 0 Å². The molecule has 1 aliphatic heterocycles. The molecule has 20 nitrogen and oxygen atoms in total. The Labute approximate surface area is 761 Å². The molecule has 0 radical (unpaired) electrons. The number of carbonyl (C=O) groups excluding carboxylic acids is 4. The van der Waals surface area contributed by atoms with Crippen LogP contribution in [-0.4, -0.2) is 163 Å². The predicted molar refractivity (Wildman–Crippen MR) is 506 cm³/mol. The van der Waals surface area contributed by atoms with Crippen molar-refractivity contribution in [1.82, 2.24) is 29.9 Å². The van der Waals surface area contributed by atoms with E-state index in [1.165, 1.54) is 74.1 Å². The number of aromatic nitrogens is 6. The van der Waals surface area contributed by atoms with Crippen LogP contribution in [0.25, 0.3) is 66.9 Å². The Kier molecular flexibility index (Phi) is 49.5. The minimum atomic E-state index is -0.972. The fraction of sp³-hybridized carbons (Fsp3) is 0.238. The van der Waals surface area contributed by atoms with E-state index in [9.17, 15) is 29.1 Å². The summed E-state index contributed by atoms with van der Waals surface area (Å²) >= 11 is 3.44. The number of ether oxygens (including phenoxy) is 4. The quantitative estimate of drug-likeness (QED) is 0.0158. The number of hydrogen-bond acceptors (Lipinski definition) is 19. The van der Waals surface area contributed by atoms with Crippen molar-refractivity contribution in [3.05, 3.63) is 346 Å². The number of carbonyl (C=O) groups is 5. The van der Waals surface area contributed by atoms with Crippen molar-refractivity contribution in [1.29, 1.82) is 0 Å². The molecule has 14 aromatic rings. The van der Waals surface area contributed by atoms with E-state index in [1.807, 2.05) is 172 Å². The van der Waals surface area contributed by atoms with E-state index >= 15 is 0 Å². The van der Waals surface area contributed by atoms with Crippen LogP contribution >= 0.6 is 15.9 Å². The zero-order chi connectivity index (χ0) is 87.3. The summed E-state index contributed by atoms with van der Waals surface area (Å²) in [7, 11) is 7.74. The van der Waals surface area contributed by atoms with Gasteiger partial charge in [0.25, 0.3) is 6.47 Å². The summed E-state index contributed by atoms with van der Waals surface area (Å²) in [5.74, 6) is -0.222. The van der Waals surface area contributed by atoms with E-state index in [1.54, 1.807) is 55.5 Å². The number of rotatable bonds is 25. The van der Waals surface area contributed by atoms with Gasteiger partial charge in [0, 0.05) is 70.6 Å². The van der Waals surface area contributed by atoms with E-state index in [0.717, 1.165) is 135 Å². The van der Waals surface area contributed by atoms with Gasteiger partial charge < -0.3 is 50.9 Å². The van der Waals surface area contributed by atoms with Crippen LogP contribution in [0.5, 0.6) is 0 Å². The number of halogens is 1. The number of aromatic carboxylic acids is 1. The number of nitrogens with two attached hydrogens (primary N) is 1. The Morgan fingerprint density at radius 1 is 0.444 bits per heavy atom. The Morgan fingerprint density at radius 2 is 0.766 bits per heavy atom. The molecule has 124 heavy (non-hydrogen) atoms. The first-order valence-electron chi connectivity index (χ1n) is 40.7. The molecule has 0 bridgehead atoms. The average molecular weight is 1740 g/mol. The van der Waals surface area contributed by atoms with Gasteiger partial charge in [-0.15, -0.1) is 0 Å². The molecule has 4 N–H and O–H groups in total. The third-order valence-electron chi connectivity index (χ3n) is 18.7. The summed E-state index contributed by atoms with van der Waals surface area (Å²) in [5, 5.41) is 16.3. The standard InChI is InChI=1S/C25H23N3O2.C24H21N3O2.C16H11BrN2O2.C10H12O.C10H14.C8H11N.C4H8O.C3H6O2.CH4O.Al.Li.4H/c1-28(16-15-18-9-5-3-6-10-18)24-23(19-11-7-4-8-12-19)26-21-14-13-20(25(29)30-2)17-22(21)27-24;1-27(15-14-17-8-4-2-5-9-17)23-22(18-10-6-3-7-11-18)25-20-13-12-19(24(28)29)16-21(20)26-23;1-21-16(20)11-7-8-12-13(9-11)19-15(17)14(18-12)10-5-3-2-4-6-10;11-9-5-4-8-10-6-2-1-3-7-10;1-2-3-7-10-8-5-4-6-9-10;9-7-6-8-4-2-1-3-5-8;1-2-4-5-3-1;1-2-5-3-4;1-2;;;;;;/h3-14,17H,15-16H2,1-2H3;2-13,16H,14-15H2,1H3,(H,28,29);2-9H,1H3;1-3,6-7,9H,4-5,8H2;4-6,8-9H,2-3,7H2,1H3;1-5H,6-7,9H2;1-4H2;3H,2H2,1H3;2H,1H3;;;;;;/q;;;;;;;;;;+1;;;;-1. The number of aliphatic hydroxyl groups is 1. The molecule has 0 atom stereocenters. The van der Waals surface area contributed by atoms with Gasteiger partial charge in [-0.2, -0.15) is 0 Å². The van der Waals surface area contributed by atoms with Crippen molar-refractivity contribution in [3.8, 4) is 33.8 Å². The molecular formula is C101H114AlBrLiN9O11. The van der Waals surface area contributed by atoms with Crippen LogP contribution in [0.1, 0.15) is 113 Å². The van der Waals surface area contributed by atoms with E-state index < -0.39 is 5.97 Å². The minimum Gasteiger partial charge on any atom is -1.00 e. The number of benzene rings is 11. The number of unbranched alkanes of at least 4 members (excludes halogenated alkanes) is 2. The molecule has 0 spiro atoms. The van der Waals surface area contributed by atoms with Crippen molar-refractivity contribution >= 4 is 109 Å². The van der Waals surface area contributed by atoms with Crippen LogP contribution in [-0.2, 0) is 60.6 Å². The third-order valence-corrected chi connectivity index (χ3v) is 19.2. The molecule has 0 unspecified atom stereocenters. The van der Waals surface area contributed by atoms with Gasteiger partial charge >= 0.3 is 36.8 Å². The monoisotopic (exact) mass is 1740 g/mol. The minimum absolute atomic E-state index is 0. The first kappa shape index (κ1) is 103. The van der Waals surface area contributed by atoms with Gasteiger partial charge in [0.15, 0.2) is 29.0 Å². The van der Waals surface area contributed by atoms with Gasteiger partial charge in [-0.3, -0.25) is 4.79 Å². The first-order chi connectivity index (χ1) is 59.7. The molecule has 640 valence electrons. The van der Waals surface area contributed by atoms with Gasteiger partial charge in [-0.1, -0.05) is 256 Å². The number of aldehydes is 1. The Bertz CT molecular complexity index is 5380. The second-order valence-corrected chi connectivity index (χ2v) is 28.2. The normalized spacial score (nSPS) is 10.5. The maximum atomic E-state index is 11.9. The third kappa shape index (κ3) is 35.5. The van der Waals surface area contributed by atoms with E-state index in [2.05, 4.69) is 138 Å². The van der Waals surface area contributed by atoms with Crippen molar-refractivity contribution in [2.75, 3.05) is 84.7 Å². The molecule has 0 amide bonds. The number of methoxy groups -OCH3 is 2. The number of aryl methyl sites for hydroxylation is 2. The summed E-state index contributed by atoms with van der Waals surface area (Å²) in [6.45, 7) is 9.19. The van der Waals surface area contributed by atoms with Crippen LogP contribution in [0.2, 0.25) is 0 Å². The molecule has 1 fully saturated rings. The number of aliphatic hydroxyl groups excluding tert-OH is 1. The average Bonchev–Trinajstić information content (AvgIpc) is 1.34. The second-order valence-electron chi connectivity index (χ2n) is 27.5. The van der Waals surface area contributed by atoms with Gasteiger partial charge in [0.1, 0.15) is 28.0 Å². The number of fused-ring (bicyclic) bond motifs is 3. The summed E-state index contributed by atoms with van der Waals surface area (Å²) < 4.78 is 19.3. The maximum absolute atomic E-state index is 11.9. The van der Waals surface area contributed by atoms with Crippen molar-refractivity contribution in [2.24, 2.45) is 5.73 Å². The predicted octanol–water partition coefficient (Wildman–Crippen LogP) is 16.2. The molecule has 1 aliphatic rings. The maximum Gasteiger partial charge on any atom is 1.00 e.